The van der Waals surface area contributed by atoms with Gasteiger partial charge in [0.1, 0.15) is 23.9 Å². The molecule has 1 heterocycles. The molecule has 3 aromatic carbocycles. The van der Waals surface area contributed by atoms with E-state index in [4.69, 9.17) is 26.1 Å². The summed E-state index contributed by atoms with van der Waals surface area (Å²) in [5, 5.41) is 3.55. The van der Waals surface area contributed by atoms with Gasteiger partial charge in [0.25, 0.3) is 5.91 Å². The first-order valence-corrected chi connectivity index (χ1v) is 12.3. The van der Waals surface area contributed by atoms with E-state index in [1.807, 2.05) is 42.5 Å². The van der Waals surface area contributed by atoms with Crippen molar-refractivity contribution in [1.82, 2.24) is 14.9 Å². The molecular weight excluding hydrogens is 462 g/mol. The van der Waals surface area contributed by atoms with E-state index in [1.54, 1.807) is 24.3 Å². The minimum absolute atomic E-state index is 0.00326. The molecule has 7 heteroatoms. The largest absolute Gasteiger partial charge is 0.492 e. The topological polar surface area (TPSA) is 65.4 Å². The zero-order valence-corrected chi connectivity index (χ0v) is 20.4. The van der Waals surface area contributed by atoms with Crippen molar-refractivity contribution in [3.8, 4) is 11.5 Å². The summed E-state index contributed by atoms with van der Waals surface area (Å²) < 4.78 is 13.6. The quantitative estimate of drug-likeness (QED) is 0.244. The predicted octanol–water partition coefficient (Wildman–Crippen LogP) is 5.68. The van der Waals surface area contributed by atoms with Gasteiger partial charge in [-0.1, -0.05) is 48.4 Å². The van der Waals surface area contributed by atoms with Crippen LogP contribution in [0.25, 0.3) is 11.0 Å². The normalized spacial score (nSPS) is 10.9. The maximum absolute atomic E-state index is 12.0. The van der Waals surface area contributed by atoms with Gasteiger partial charge >= 0.3 is 0 Å². The smallest absolute Gasteiger partial charge is 0.257 e. The molecule has 0 saturated heterocycles. The fraction of sp³-hybridized carbons (Fsp3) is 0.286. The van der Waals surface area contributed by atoms with E-state index in [2.05, 4.69) is 22.0 Å². The molecule has 0 spiro atoms. The Morgan fingerprint density at radius 3 is 2.43 bits per heavy atom. The van der Waals surface area contributed by atoms with Crippen LogP contribution >= 0.6 is 11.6 Å². The number of nitrogens with zero attached hydrogens (tertiary/aromatic N) is 2. The number of hydrogen-bond donors (Lipinski definition) is 1. The Morgan fingerprint density at radius 1 is 0.857 bits per heavy atom. The van der Waals surface area contributed by atoms with Crippen molar-refractivity contribution in [3.63, 3.8) is 0 Å². The van der Waals surface area contributed by atoms with Crippen LogP contribution in [0, 0.1) is 0 Å². The van der Waals surface area contributed by atoms with Crippen molar-refractivity contribution < 1.29 is 14.3 Å². The first-order valence-electron chi connectivity index (χ1n) is 12.0. The number of rotatable bonds is 13. The van der Waals surface area contributed by atoms with Gasteiger partial charge in [-0.3, -0.25) is 4.79 Å². The summed E-state index contributed by atoms with van der Waals surface area (Å²) in [6.07, 6.45) is 3.79. The van der Waals surface area contributed by atoms with Crippen LogP contribution in [-0.2, 0) is 17.8 Å². The van der Waals surface area contributed by atoms with E-state index >= 15 is 0 Å². The van der Waals surface area contributed by atoms with Crippen LogP contribution in [0.3, 0.4) is 0 Å². The monoisotopic (exact) mass is 491 g/mol. The maximum atomic E-state index is 12.0. The third-order valence-corrected chi connectivity index (χ3v) is 5.90. The molecular formula is C28H30ClN3O3. The molecule has 0 aliphatic carbocycles. The fourth-order valence-corrected chi connectivity index (χ4v) is 4.01. The molecule has 0 fully saturated rings. The summed E-state index contributed by atoms with van der Waals surface area (Å²) in [4.78, 5) is 16.9. The van der Waals surface area contributed by atoms with Gasteiger partial charge in [0, 0.05) is 18.0 Å². The molecule has 0 unspecified atom stereocenters. The number of ether oxygens (including phenoxy) is 2. The van der Waals surface area contributed by atoms with Crippen LogP contribution in [0.2, 0.25) is 5.02 Å². The number of benzene rings is 3. The third kappa shape index (κ3) is 7.49. The number of aromatic nitrogens is 2. The van der Waals surface area contributed by atoms with Crippen molar-refractivity contribution >= 4 is 28.5 Å². The minimum Gasteiger partial charge on any atom is -0.492 e. The zero-order valence-electron chi connectivity index (χ0n) is 19.7. The lowest BCUT2D eigenvalue weighted by Gasteiger charge is -2.11. The molecule has 0 saturated carbocycles. The molecule has 0 aliphatic rings. The number of nitrogens with one attached hydrogen (secondary N) is 1. The number of para-hydroxylation sites is 3. The van der Waals surface area contributed by atoms with E-state index in [-0.39, 0.29) is 12.5 Å². The van der Waals surface area contributed by atoms with Crippen LogP contribution < -0.4 is 14.8 Å². The Balaban J connectivity index is 1.19. The van der Waals surface area contributed by atoms with Gasteiger partial charge in [-0.25, -0.2) is 4.98 Å². The lowest BCUT2D eigenvalue weighted by Crippen LogP contribution is -2.29. The Hall–Kier alpha value is -3.51. The minimum atomic E-state index is -0.125. The molecule has 0 bridgehead atoms. The van der Waals surface area contributed by atoms with Gasteiger partial charge in [0.15, 0.2) is 6.61 Å². The number of unbranched alkanes of at least 4 members (excludes halogenated alkanes) is 2. The molecule has 4 aromatic rings. The molecule has 1 aromatic heterocycles. The van der Waals surface area contributed by atoms with Gasteiger partial charge < -0.3 is 19.4 Å². The summed E-state index contributed by atoms with van der Waals surface area (Å²) in [6.45, 7) is 1.96. The predicted molar refractivity (Wildman–Crippen MR) is 139 cm³/mol. The number of aryl methyl sites for hydroxylation is 1. The molecule has 6 nitrogen and oxygen atoms in total. The van der Waals surface area contributed by atoms with E-state index in [9.17, 15) is 4.79 Å². The second-order valence-electron chi connectivity index (χ2n) is 8.23. The van der Waals surface area contributed by atoms with Crippen molar-refractivity contribution in [1.29, 1.82) is 0 Å². The van der Waals surface area contributed by atoms with Crippen molar-refractivity contribution in [2.24, 2.45) is 0 Å². The lowest BCUT2D eigenvalue weighted by molar-refractivity contribution is -0.123. The summed E-state index contributed by atoms with van der Waals surface area (Å²) in [5.74, 6) is 2.45. The summed E-state index contributed by atoms with van der Waals surface area (Å²) in [7, 11) is 0. The molecule has 1 amide bonds. The summed E-state index contributed by atoms with van der Waals surface area (Å²) >= 11 is 5.85. The van der Waals surface area contributed by atoms with Crippen molar-refractivity contribution in [2.45, 2.75) is 32.2 Å². The van der Waals surface area contributed by atoms with Gasteiger partial charge in [-0.2, -0.15) is 0 Å². The van der Waals surface area contributed by atoms with Crippen LogP contribution in [0.5, 0.6) is 11.5 Å². The average molecular weight is 492 g/mol. The van der Waals surface area contributed by atoms with E-state index in [0.29, 0.717) is 23.9 Å². The van der Waals surface area contributed by atoms with Gasteiger partial charge in [0.05, 0.1) is 17.6 Å². The highest BCUT2D eigenvalue weighted by atomic mass is 35.5. The average Bonchev–Trinajstić information content (AvgIpc) is 3.24. The molecule has 4 rings (SSSR count). The lowest BCUT2D eigenvalue weighted by atomic mass is 10.2. The molecule has 1 N–H and O–H groups in total. The third-order valence-electron chi connectivity index (χ3n) is 5.64. The van der Waals surface area contributed by atoms with E-state index < -0.39 is 0 Å². The summed E-state index contributed by atoms with van der Waals surface area (Å²) in [5.41, 5.74) is 2.14. The highest BCUT2D eigenvalue weighted by Gasteiger charge is 2.10. The zero-order chi connectivity index (χ0) is 24.3. The Bertz CT molecular complexity index is 1210. The Morgan fingerprint density at radius 2 is 1.60 bits per heavy atom. The van der Waals surface area contributed by atoms with Crippen molar-refractivity contribution in [3.05, 3.63) is 89.7 Å². The number of carbonyl (C=O) groups is 1. The number of carbonyl (C=O) groups excluding carboxylic acids is 1. The first kappa shape index (κ1) is 24.6. The number of halogens is 1. The number of hydrogen-bond acceptors (Lipinski definition) is 4. The highest BCUT2D eigenvalue weighted by molar-refractivity contribution is 6.30. The second kappa shape index (κ2) is 12.8. The molecule has 35 heavy (non-hydrogen) atoms. The van der Waals surface area contributed by atoms with Gasteiger partial charge in [0.2, 0.25) is 0 Å². The maximum Gasteiger partial charge on any atom is 0.257 e. The molecule has 182 valence electrons. The fourth-order valence-electron chi connectivity index (χ4n) is 3.88. The van der Waals surface area contributed by atoms with E-state index in [1.165, 1.54) is 0 Å². The molecule has 0 aliphatic heterocycles. The number of fused-ring (bicyclic) bond motifs is 1. The van der Waals surface area contributed by atoms with Crippen LogP contribution in [-0.4, -0.2) is 35.2 Å². The first-order chi connectivity index (χ1) is 17.2. The molecule has 0 radical (unpaired) electrons. The van der Waals surface area contributed by atoms with Gasteiger partial charge in [-0.15, -0.1) is 0 Å². The number of amides is 1. The van der Waals surface area contributed by atoms with Crippen LogP contribution in [0.15, 0.2) is 78.9 Å². The van der Waals surface area contributed by atoms with Crippen molar-refractivity contribution in [2.75, 3.05) is 19.8 Å². The van der Waals surface area contributed by atoms with Crippen LogP contribution in [0.4, 0.5) is 0 Å². The number of imidazole rings is 1. The second-order valence-corrected chi connectivity index (χ2v) is 8.67. The molecule has 0 atom stereocenters. The standard InChI is InChI=1S/C28H30ClN3O3/c29-22-14-16-24(17-15-22)35-21-28(33)30-18-8-2-5-13-27-31-25-11-6-7-12-26(25)32(27)19-20-34-23-9-3-1-4-10-23/h1,3-4,6-7,9-12,14-17H,2,5,8,13,18-21H2,(H,30,33). The SMILES string of the molecule is O=C(COc1ccc(Cl)cc1)NCCCCCc1nc2ccccc2n1CCOc1ccccc1. The van der Waals surface area contributed by atoms with Gasteiger partial charge in [-0.05, 0) is 61.4 Å². The summed E-state index contributed by atoms with van der Waals surface area (Å²) in [6, 6.07) is 25.0. The Labute approximate surface area is 210 Å². The van der Waals surface area contributed by atoms with E-state index in [0.717, 1.165) is 54.8 Å². The Kier molecular flexibility index (Phi) is 9.01. The van der Waals surface area contributed by atoms with Crippen LogP contribution in [0.1, 0.15) is 25.1 Å². The highest BCUT2D eigenvalue weighted by Crippen LogP contribution is 2.19.